The van der Waals surface area contributed by atoms with Crippen molar-refractivity contribution in [1.29, 1.82) is 5.41 Å². The molecular formula is C7H14N4S2. The molecule has 0 aromatic carbocycles. The first-order valence-electron chi connectivity index (χ1n) is 3.95. The van der Waals surface area contributed by atoms with Gasteiger partial charge >= 0.3 is 0 Å². The van der Waals surface area contributed by atoms with E-state index in [1.54, 1.807) is 11.8 Å². The van der Waals surface area contributed by atoms with Gasteiger partial charge in [-0.2, -0.15) is 0 Å². The Bertz CT molecular complexity index is 227. The van der Waals surface area contributed by atoms with Gasteiger partial charge in [0.1, 0.15) is 0 Å². The van der Waals surface area contributed by atoms with Gasteiger partial charge < -0.3 is 10.6 Å². The molecule has 1 rings (SSSR count). The number of nitrogens with one attached hydrogen (secondary N) is 1. The molecule has 0 radical (unpaired) electrons. The molecule has 1 heterocycles. The van der Waals surface area contributed by atoms with Crippen LogP contribution in [0.1, 0.15) is 0 Å². The van der Waals surface area contributed by atoms with E-state index in [0.29, 0.717) is 5.25 Å². The van der Waals surface area contributed by atoms with Crippen LogP contribution >= 0.6 is 23.5 Å². The highest BCUT2D eigenvalue weighted by Crippen LogP contribution is 2.24. The van der Waals surface area contributed by atoms with Gasteiger partial charge in [-0.15, -0.1) is 0 Å². The van der Waals surface area contributed by atoms with Gasteiger partial charge in [-0.25, -0.2) is 0 Å². The van der Waals surface area contributed by atoms with E-state index in [4.69, 9.17) is 11.1 Å². The first-order chi connectivity index (χ1) is 6.09. The summed E-state index contributed by atoms with van der Waals surface area (Å²) in [6, 6.07) is 0. The Morgan fingerprint density at radius 1 is 1.85 bits per heavy atom. The fraction of sp³-hybridized carbons (Fsp3) is 0.714. The van der Waals surface area contributed by atoms with Crippen molar-refractivity contribution in [3.05, 3.63) is 0 Å². The topological polar surface area (TPSA) is 65.5 Å². The van der Waals surface area contributed by atoms with Crippen molar-refractivity contribution in [1.82, 2.24) is 4.90 Å². The van der Waals surface area contributed by atoms with Crippen LogP contribution in [0.3, 0.4) is 0 Å². The molecule has 0 unspecified atom stereocenters. The second kappa shape index (κ2) is 4.76. The van der Waals surface area contributed by atoms with Crippen LogP contribution in [-0.2, 0) is 0 Å². The van der Waals surface area contributed by atoms with Crippen LogP contribution in [0.25, 0.3) is 0 Å². The SMILES string of the molecule is CN(C)C1=NC[C@@H](CSC(=N)N)S1. The molecule has 4 nitrogen and oxygen atoms in total. The number of amidine groups is 2. The van der Waals surface area contributed by atoms with Gasteiger partial charge in [0.2, 0.25) is 0 Å². The molecule has 0 aliphatic carbocycles. The second-order valence-electron chi connectivity index (χ2n) is 2.93. The molecule has 0 bridgehead atoms. The zero-order valence-corrected chi connectivity index (χ0v) is 9.41. The van der Waals surface area contributed by atoms with Crippen molar-refractivity contribution in [2.24, 2.45) is 10.7 Å². The van der Waals surface area contributed by atoms with Gasteiger partial charge in [-0.05, 0) is 0 Å². The highest BCUT2D eigenvalue weighted by molar-refractivity contribution is 8.17. The highest BCUT2D eigenvalue weighted by Gasteiger charge is 2.20. The van der Waals surface area contributed by atoms with Crippen LogP contribution in [0.4, 0.5) is 0 Å². The maximum Gasteiger partial charge on any atom is 0.159 e. The van der Waals surface area contributed by atoms with E-state index in [1.807, 2.05) is 19.0 Å². The summed E-state index contributed by atoms with van der Waals surface area (Å²) in [4.78, 5) is 6.39. The number of hydrogen-bond donors (Lipinski definition) is 2. The molecule has 3 N–H and O–H groups in total. The Labute approximate surface area is 86.8 Å². The van der Waals surface area contributed by atoms with Crippen LogP contribution in [-0.4, -0.2) is 46.9 Å². The van der Waals surface area contributed by atoms with E-state index in [-0.39, 0.29) is 5.17 Å². The number of hydrogen-bond acceptors (Lipinski definition) is 5. The fourth-order valence-corrected chi connectivity index (χ4v) is 2.67. The average molecular weight is 218 g/mol. The summed E-state index contributed by atoms with van der Waals surface area (Å²) in [5.74, 6) is 0.876. The summed E-state index contributed by atoms with van der Waals surface area (Å²) >= 11 is 3.15. The van der Waals surface area contributed by atoms with Gasteiger partial charge in [-0.1, -0.05) is 23.5 Å². The molecule has 74 valence electrons. The normalized spacial score (nSPS) is 21.4. The van der Waals surface area contributed by atoms with Crippen LogP contribution in [0.5, 0.6) is 0 Å². The van der Waals surface area contributed by atoms with E-state index in [1.165, 1.54) is 11.8 Å². The number of rotatable bonds is 2. The van der Waals surface area contributed by atoms with Crippen molar-refractivity contribution in [3.8, 4) is 0 Å². The summed E-state index contributed by atoms with van der Waals surface area (Å²) in [5, 5.41) is 8.83. The zero-order chi connectivity index (χ0) is 9.84. The third kappa shape index (κ3) is 3.48. The highest BCUT2D eigenvalue weighted by atomic mass is 32.2. The molecule has 0 spiro atoms. The molecular weight excluding hydrogens is 204 g/mol. The first-order valence-corrected chi connectivity index (χ1v) is 5.81. The Hall–Kier alpha value is -0.360. The Kier molecular flexibility index (Phi) is 3.92. The molecule has 0 aromatic rings. The minimum absolute atomic E-state index is 0.193. The molecule has 0 saturated heterocycles. The maximum atomic E-state index is 7.08. The van der Waals surface area contributed by atoms with Crippen molar-refractivity contribution >= 4 is 33.9 Å². The molecule has 13 heavy (non-hydrogen) atoms. The average Bonchev–Trinajstić information content (AvgIpc) is 2.48. The first kappa shape index (κ1) is 10.7. The summed E-state index contributed by atoms with van der Waals surface area (Å²) in [6.45, 7) is 0.846. The minimum atomic E-state index is 0.193. The van der Waals surface area contributed by atoms with Gasteiger partial charge in [0.05, 0.1) is 6.54 Å². The third-order valence-electron chi connectivity index (χ3n) is 1.51. The summed E-state index contributed by atoms with van der Waals surface area (Å²) in [6.07, 6.45) is 0. The fourth-order valence-electron chi connectivity index (χ4n) is 0.920. The molecule has 1 atom stereocenters. The van der Waals surface area contributed by atoms with Crippen LogP contribution in [0.2, 0.25) is 0 Å². The summed E-state index contributed by atoms with van der Waals surface area (Å²) in [5.41, 5.74) is 5.25. The number of nitrogens with two attached hydrogens (primary N) is 1. The lowest BCUT2D eigenvalue weighted by Gasteiger charge is -2.12. The lowest BCUT2D eigenvalue weighted by Crippen LogP contribution is -2.18. The quantitative estimate of drug-likeness (QED) is 0.527. The molecule has 0 fully saturated rings. The van der Waals surface area contributed by atoms with E-state index in [2.05, 4.69) is 4.99 Å². The van der Waals surface area contributed by atoms with Crippen LogP contribution in [0, 0.1) is 5.41 Å². The Morgan fingerprint density at radius 3 is 3.00 bits per heavy atom. The molecule has 0 amide bonds. The van der Waals surface area contributed by atoms with E-state index in [9.17, 15) is 0 Å². The summed E-state index contributed by atoms with van der Waals surface area (Å²) in [7, 11) is 3.98. The Balaban J connectivity index is 2.25. The molecule has 1 aliphatic heterocycles. The smallest absolute Gasteiger partial charge is 0.159 e. The van der Waals surface area contributed by atoms with Gasteiger partial charge in [0.15, 0.2) is 10.3 Å². The van der Waals surface area contributed by atoms with E-state index < -0.39 is 0 Å². The van der Waals surface area contributed by atoms with Crippen molar-refractivity contribution in [3.63, 3.8) is 0 Å². The maximum absolute atomic E-state index is 7.08. The zero-order valence-electron chi connectivity index (χ0n) is 7.78. The van der Waals surface area contributed by atoms with Gasteiger partial charge in [0, 0.05) is 25.1 Å². The predicted molar refractivity (Wildman–Crippen MR) is 61.7 cm³/mol. The Morgan fingerprint density at radius 2 is 2.54 bits per heavy atom. The number of aliphatic imine (C=N–C) groups is 1. The monoisotopic (exact) mass is 218 g/mol. The van der Waals surface area contributed by atoms with E-state index >= 15 is 0 Å². The van der Waals surface area contributed by atoms with Crippen molar-refractivity contribution in [2.45, 2.75) is 5.25 Å². The number of thioether (sulfide) groups is 2. The van der Waals surface area contributed by atoms with Crippen LogP contribution in [0.15, 0.2) is 4.99 Å². The molecule has 0 saturated carbocycles. The lowest BCUT2D eigenvalue weighted by atomic mass is 10.5. The third-order valence-corrected chi connectivity index (χ3v) is 3.95. The minimum Gasteiger partial charge on any atom is -0.379 e. The second-order valence-corrected chi connectivity index (χ2v) is 5.26. The largest absolute Gasteiger partial charge is 0.379 e. The van der Waals surface area contributed by atoms with Gasteiger partial charge in [-0.3, -0.25) is 10.4 Å². The number of nitrogens with zero attached hydrogens (tertiary/aromatic N) is 2. The molecule has 1 aliphatic rings. The molecule has 0 aromatic heterocycles. The van der Waals surface area contributed by atoms with Crippen molar-refractivity contribution < 1.29 is 0 Å². The lowest BCUT2D eigenvalue weighted by molar-refractivity contribution is 0.635. The van der Waals surface area contributed by atoms with Gasteiger partial charge in [0.25, 0.3) is 0 Å². The van der Waals surface area contributed by atoms with E-state index in [0.717, 1.165) is 17.5 Å². The standard InChI is InChI=1S/C7H14N4S2/c1-11(2)7-10-3-5(13-7)4-12-6(8)9/h5H,3-4H2,1-2H3,(H3,8,9)/t5-/m0/s1. The molecule has 6 heteroatoms. The predicted octanol–water partition coefficient (Wildman–Crippen LogP) is 0.646. The summed E-state index contributed by atoms with van der Waals surface area (Å²) < 4.78 is 0. The van der Waals surface area contributed by atoms with Crippen LogP contribution < -0.4 is 5.73 Å². The van der Waals surface area contributed by atoms with Crippen molar-refractivity contribution in [2.75, 3.05) is 26.4 Å².